The summed E-state index contributed by atoms with van der Waals surface area (Å²) in [6.45, 7) is 13.2. The maximum atomic E-state index is 12.1. The Balaban J connectivity index is 3.91. The molecule has 0 fully saturated rings. The summed E-state index contributed by atoms with van der Waals surface area (Å²) in [6.07, 6.45) is 5.14. The SMILES string of the molecule is CCC(C)(C)N(C)C(=O)CCCC[C@@H](C)C(C)C. The van der Waals surface area contributed by atoms with E-state index in [0.717, 1.165) is 24.7 Å². The predicted molar refractivity (Wildman–Crippen MR) is 79.6 cm³/mol. The minimum atomic E-state index is -0.0116. The van der Waals surface area contributed by atoms with E-state index < -0.39 is 0 Å². The molecule has 108 valence electrons. The van der Waals surface area contributed by atoms with E-state index in [1.54, 1.807) is 0 Å². The van der Waals surface area contributed by atoms with Crippen molar-refractivity contribution in [3.05, 3.63) is 0 Å². The molecule has 1 amide bonds. The van der Waals surface area contributed by atoms with Gasteiger partial charge in [-0.15, -0.1) is 0 Å². The highest BCUT2D eigenvalue weighted by molar-refractivity contribution is 5.76. The summed E-state index contributed by atoms with van der Waals surface area (Å²) in [4.78, 5) is 14.0. The van der Waals surface area contributed by atoms with Gasteiger partial charge in [0.25, 0.3) is 0 Å². The van der Waals surface area contributed by atoms with Gasteiger partial charge in [0.1, 0.15) is 0 Å². The molecule has 0 aromatic rings. The normalized spacial score (nSPS) is 13.8. The average Bonchev–Trinajstić information content (AvgIpc) is 2.32. The van der Waals surface area contributed by atoms with E-state index in [2.05, 4.69) is 41.5 Å². The van der Waals surface area contributed by atoms with Crippen LogP contribution in [0.2, 0.25) is 0 Å². The molecule has 0 aliphatic heterocycles. The monoisotopic (exact) mass is 255 g/mol. The van der Waals surface area contributed by atoms with Gasteiger partial charge in [-0.2, -0.15) is 0 Å². The molecule has 0 saturated carbocycles. The van der Waals surface area contributed by atoms with E-state index in [9.17, 15) is 4.79 Å². The lowest BCUT2D eigenvalue weighted by Crippen LogP contribution is -2.44. The number of rotatable bonds is 8. The van der Waals surface area contributed by atoms with Gasteiger partial charge in [0.2, 0.25) is 5.91 Å². The Bertz CT molecular complexity index is 245. The molecule has 0 aromatic carbocycles. The molecule has 1 atom stereocenters. The minimum absolute atomic E-state index is 0.0116. The summed E-state index contributed by atoms with van der Waals surface area (Å²) in [5.74, 6) is 1.81. The van der Waals surface area contributed by atoms with Crippen molar-refractivity contribution in [3.63, 3.8) is 0 Å². The fourth-order valence-electron chi connectivity index (χ4n) is 1.82. The van der Waals surface area contributed by atoms with Crippen molar-refractivity contribution in [2.45, 2.75) is 79.2 Å². The lowest BCUT2D eigenvalue weighted by molar-refractivity contribution is -0.134. The molecule has 2 heteroatoms. The van der Waals surface area contributed by atoms with Gasteiger partial charge in [-0.3, -0.25) is 4.79 Å². The molecular weight excluding hydrogens is 222 g/mol. The van der Waals surface area contributed by atoms with Crippen LogP contribution in [0.3, 0.4) is 0 Å². The summed E-state index contributed by atoms with van der Waals surface area (Å²) in [5, 5.41) is 0. The maximum Gasteiger partial charge on any atom is 0.222 e. The van der Waals surface area contributed by atoms with Crippen LogP contribution >= 0.6 is 0 Å². The van der Waals surface area contributed by atoms with Crippen molar-refractivity contribution in [2.75, 3.05) is 7.05 Å². The number of unbranched alkanes of at least 4 members (excludes halogenated alkanes) is 1. The molecular formula is C16H33NO. The molecule has 0 saturated heterocycles. The Morgan fingerprint density at radius 2 is 1.72 bits per heavy atom. The first-order valence-electron chi connectivity index (χ1n) is 7.49. The lowest BCUT2D eigenvalue weighted by atomic mass is 9.92. The van der Waals surface area contributed by atoms with Gasteiger partial charge < -0.3 is 4.90 Å². The number of hydrogen-bond donors (Lipinski definition) is 0. The van der Waals surface area contributed by atoms with E-state index in [1.165, 1.54) is 12.8 Å². The largest absolute Gasteiger partial charge is 0.341 e. The van der Waals surface area contributed by atoms with E-state index in [-0.39, 0.29) is 5.54 Å². The van der Waals surface area contributed by atoms with Crippen LogP contribution < -0.4 is 0 Å². The fourth-order valence-corrected chi connectivity index (χ4v) is 1.82. The van der Waals surface area contributed by atoms with Gasteiger partial charge in [0.05, 0.1) is 0 Å². The van der Waals surface area contributed by atoms with Crippen LogP contribution in [0, 0.1) is 11.8 Å². The third kappa shape index (κ3) is 5.88. The smallest absolute Gasteiger partial charge is 0.222 e. The quantitative estimate of drug-likeness (QED) is 0.585. The molecule has 2 nitrogen and oxygen atoms in total. The van der Waals surface area contributed by atoms with Crippen LogP contribution in [0.4, 0.5) is 0 Å². The molecule has 0 rings (SSSR count). The van der Waals surface area contributed by atoms with Gasteiger partial charge in [0.15, 0.2) is 0 Å². The lowest BCUT2D eigenvalue weighted by Gasteiger charge is -2.35. The van der Waals surface area contributed by atoms with Crippen molar-refractivity contribution in [2.24, 2.45) is 11.8 Å². The zero-order valence-electron chi connectivity index (χ0n) is 13.5. The standard InChI is InChI=1S/C16H33NO/c1-8-16(5,6)17(7)15(18)12-10-9-11-14(4)13(2)3/h13-14H,8-12H2,1-7H3/t14-/m1/s1. The molecule has 0 unspecified atom stereocenters. The van der Waals surface area contributed by atoms with Crippen LogP contribution in [0.25, 0.3) is 0 Å². The number of amides is 1. The summed E-state index contributed by atoms with van der Waals surface area (Å²) >= 11 is 0. The summed E-state index contributed by atoms with van der Waals surface area (Å²) < 4.78 is 0. The highest BCUT2D eigenvalue weighted by Crippen LogP contribution is 2.20. The first kappa shape index (κ1) is 17.5. The minimum Gasteiger partial charge on any atom is -0.341 e. The molecule has 18 heavy (non-hydrogen) atoms. The van der Waals surface area contributed by atoms with Crippen molar-refractivity contribution in [1.29, 1.82) is 0 Å². The molecule has 0 radical (unpaired) electrons. The average molecular weight is 255 g/mol. The van der Waals surface area contributed by atoms with E-state index >= 15 is 0 Å². The third-order valence-electron chi connectivity index (χ3n) is 4.59. The molecule has 0 aliphatic carbocycles. The van der Waals surface area contributed by atoms with Gasteiger partial charge >= 0.3 is 0 Å². The van der Waals surface area contributed by atoms with Crippen LogP contribution in [0.5, 0.6) is 0 Å². The van der Waals surface area contributed by atoms with Crippen molar-refractivity contribution < 1.29 is 4.79 Å². The zero-order valence-corrected chi connectivity index (χ0v) is 13.5. The van der Waals surface area contributed by atoms with E-state index in [4.69, 9.17) is 0 Å². The van der Waals surface area contributed by atoms with E-state index in [1.807, 2.05) is 11.9 Å². The Labute approximate surface area is 114 Å². The second kappa shape index (κ2) is 7.81. The molecule has 0 heterocycles. The highest BCUT2D eigenvalue weighted by Gasteiger charge is 2.24. The Morgan fingerprint density at radius 1 is 1.17 bits per heavy atom. The summed E-state index contributed by atoms with van der Waals surface area (Å²) in [5.41, 5.74) is -0.0116. The number of carbonyl (C=O) groups excluding carboxylic acids is 1. The van der Waals surface area contributed by atoms with Gasteiger partial charge in [0, 0.05) is 19.0 Å². The molecule has 0 bridgehead atoms. The molecule has 0 aromatic heterocycles. The molecule has 0 spiro atoms. The van der Waals surface area contributed by atoms with Gasteiger partial charge in [-0.1, -0.05) is 40.5 Å². The van der Waals surface area contributed by atoms with Crippen molar-refractivity contribution in [1.82, 2.24) is 4.90 Å². The number of nitrogens with zero attached hydrogens (tertiary/aromatic N) is 1. The third-order valence-corrected chi connectivity index (χ3v) is 4.59. The Kier molecular flexibility index (Phi) is 7.58. The fraction of sp³-hybridized carbons (Fsp3) is 0.938. The zero-order chi connectivity index (χ0) is 14.3. The van der Waals surface area contributed by atoms with E-state index in [0.29, 0.717) is 12.3 Å². The van der Waals surface area contributed by atoms with Gasteiger partial charge in [-0.25, -0.2) is 0 Å². The topological polar surface area (TPSA) is 20.3 Å². The number of carbonyl (C=O) groups is 1. The number of hydrogen-bond acceptors (Lipinski definition) is 1. The van der Waals surface area contributed by atoms with Crippen LogP contribution in [-0.2, 0) is 4.79 Å². The summed E-state index contributed by atoms with van der Waals surface area (Å²) in [6, 6.07) is 0. The summed E-state index contributed by atoms with van der Waals surface area (Å²) in [7, 11) is 1.93. The Morgan fingerprint density at radius 3 is 2.17 bits per heavy atom. The Hall–Kier alpha value is -0.530. The second-order valence-corrected chi connectivity index (χ2v) is 6.59. The molecule has 0 aliphatic rings. The first-order valence-corrected chi connectivity index (χ1v) is 7.49. The van der Waals surface area contributed by atoms with Crippen molar-refractivity contribution >= 4 is 5.91 Å². The highest BCUT2D eigenvalue weighted by atomic mass is 16.2. The van der Waals surface area contributed by atoms with Crippen molar-refractivity contribution in [3.8, 4) is 0 Å². The predicted octanol–water partition coefficient (Wildman–Crippen LogP) is 4.49. The second-order valence-electron chi connectivity index (χ2n) is 6.59. The first-order chi connectivity index (χ1) is 8.22. The van der Waals surface area contributed by atoms with Crippen LogP contribution in [-0.4, -0.2) is 23.4 Å². The van der Waals surface area contributed by atoms with Crippen LogP contribution in [0.15, 0.2) is 0 Å². The van der Waals surface area contributed by atoms with Crippen LogP contribution in [0.1, 0.15) is 73.6 Å². The van der Waals surface area contributed by atoms with Gasteiger partial charge in [-0.05, 0) is 38.5 Å². The maximum absolute atomic E-state index is 12.1. The molecule has 0 N–H and O–H groups in total.